The Morgan fingerprint density at radius 3 is 2.72 bits per heavy atom. The minimum absolute atomic E-state index is 0.129. The van der Waals surface area contributed by atoms with Crippen molar-refractivity contribution < 1.29 is 18.7 Å². The predicted octanol–water partition coefficient (Wildman–Crippen LogP) is 2.32. The highest BCUT2D eigenvalue weighted by Gasteiger charge is 2.30. The Kier molecular flexibility index (Phi) is 5.11. The summed E-state index contributed by atoms with van der Waals surface area (Å²) >= 11 is 0. The summed E-state index contributed by atoms with van der Waals surface area (Å²) in [4.78, 5) is 22.9. The Morgan fingerprint density at radius 2 is 1.97 bits per heavy atom. The molecule has 1 aliphatic heterocycles. The number of methoxy groups -OCH3 is 1. The molecule has 0 radical (unpaired) electrons. The molecular formula is C20H20FN5O3. The minimum atomic E-state index is -0.315. The van der Waals surface area contributed by atoms with Crippen molar-refractivity contribution >= 4 is 5.91 Å². The van der Waals surface area contributed by atoms with E-state index in [0.29, 0.717) is 42.7 Å². The number of likely N-dealkylation sites (tertiary alicyclic amines) is 1. The van der Waals surface area contributed by atoms with Crippen molar-refractivity contribution in [2.45, 2.75) is 12.5 Å². The van der Waals surface area contributed by atoms with Crippen LogP contribution in [0.25, 0.3) is 11.3 Å². The Hall–Kier alpha value is -3.49. The van der Waals surface area contributed by atoms with E-state index >= 15 is 0 Å². The molecule has 1 saturated heterocycles. The second-order valence-corrected chi connectivity index (χ2v) is 6.72. The summed E-state index contributed by atoms with van der Waals surface area (Å²) in [5.41, 5.74) is 1.83. The fourth-order valence-electron chi connectivity index (χ4n) is 3.26. The lowest BCUT2D eigenvalue weighted by Gasteiger charge is -2.16. The van der Waals surface area contributed by atoms with Crippen molar-refractivity contribution in [1.29, 1.82) is 0 Å². The number of aryl methyl sites for hydroxylation is 1. The van der Waals surface area contributed by atoms with Gasteiger partial charge in [-0.25, -0.2) is 4.39 Å². The van der Waals surface area contributed by atoms with Crippen molar-refractivity contribution in [2.24, 2.45) is 7.05 Å². The van der Waals surface area contributed by atoms with Gasteiger partial charge in [0.05, 0.1) is 31.7 Å². The number of nitrogens with zero attached hydrogens (tertiary/aromatic N) is 5. The van der Waals surface area contributed by atoms with Gasteiger partial charge in [0.25, 0.3) is 5.91 Å². The summed E-state index contributed by atoms with van der Waals surface area (Å²) in [5.74, 6) is 0.292. The summed E-state index contributed by atoms with van der Waals surface area (Å²) in [6, 6.07) is 7.74. The first-order chi connectivity index (χ1) is 14.0. The van der Waals surface area contributed by atoms with Crippen molar-refractivity contribution in [3.8, 4) is 23.0 Å². The molecular weight excluding hydrogens is 377 g/mol. The fourth-order valence-corrected chi connectivity index (χ4v) is 3.26. The van der Waals surface area contributed by atoms with Gasteiger partial charge < -0.3 is 14.4 Å². The molecule has 9 heteroatoms. The van der Waals surface area contributed by atoms with E-state index in [4.69, 9.17) is 9.47 Å². The van der Waals surface area contributed by atoms with Gasteiger partial charge in [0.15, 0.2) is 0 Å². The van der Waals surface area contributed by atoms with Gasteiger partial charge in [0, 0.05) is 25.6 Å². The largest absolute Gasteiger partial charge is 0.480 e. The molecule has 0 saturated carbocycles. The summed E-state index contributed by atoms with van der Waals surface area (Å²) in [7, 11) is 3.23. The van der Waals surface area contributed by atoms with Crippen molar-refractivity contribution in [2.75, 3.05) is 20.2 Å². The topological polar surface area (TPSA) is 82.4 Å². The zero-order valence-corrected chi connectivity index (χ0v) is 16.1. The lowest BCUT2D eigenvalue weighted by molar-refractivity contribution is 0.0760. The number of carbonyl (C=O) groups excluding carboxylic acids is 1. The second kappa shape index (κ2) is 7.86. The maximum absolute atomic E-state index is 13.1. The third-order valence-electron chi connectivity index (χ3n) is 4.76. The van der Waals surface area contributed by atoms with Crippen molar-refractivity contribution in [1.82, 2.24) is 24.6 Å². The number of halogens is 1. The van der Waals surface area contributed by atoms with Gasteiger partial charge in [-0.15, -0.1) is 0 Å². The summed E-state index contributed by atoms with van der Waals surface area (Å²) in [5, 5.41) is 4.39. The van der Waals surface area contributed by atoms with Gasteiger partial charge in [-0.3, -0.25) is 14.5 Å². The molecule has 0 spiro atoms. The number of benzene rings is 1. The molecule has 0 aliphatic carbocycles. The van der Waals surface area contributed by atoms with Crippen LogP contribution in [0.4, 0.5) is 4.39 Å². The fraction of sp³-hybridized carbons (Fsp3) is 0.300. The Labute approximate surface area is 166 Å². The molecule has 1 aliphatic rings. The molecule has 0 N–H and O–H groups in total. The maximum atomic E-state index is 13.1. The Bertz CT molecular complexity index is 1020. The quantitative estimate of drug-likeness (QED) is 0.657. The van der Waals surface area contributed by atoms with Crippen molar-refractivity contribution in [3.63, 3.8) is 0 Å². The van der Waals surface area contributed by atoms with E-state index in [2.05, 4.69) is 15.1 Å². The molecule has 1 atom stereocenters. The monoisotopic (exact) mass is 397 g/mol. The number of rotatable bonds is 5. The number of amides is 1. The number of aromatic nitrogens is 4. The van der Waals surface area contributed by atoms with Crippen LogP contribution < -0.4 is 9.47 Å². The van der Waals surface area contributed by atoms with E-state index in [-0.39, 0.29) is 17.8 Å². The molecule has 0 bridgehead atoms. The SMILES string of the molecule is COc1cncc(OC2CCN(C(=O)c3cc(-c4ccc(F)cc4)nn3C)C2)n1. The molecule has 150 valence electrons. The Morgan fingerprint density at radius 1 is 1.21 bits per heavy atom. The number of hydrogen-bond acceptors (Lipinski definition) is 6. The van der Waals surface area contributed by atoms with Crippen LogP contribution in [0.1, 0.15) is 16.9 Å². The average molecular weight is 397 g/mol. The van der Waals surface area contributed by atoms with Crippen LogP contribution in [0.3, 0.4) is 0 Å². The van der Waals surface area contributed by atoms with Crippen LogP contribution in [-0.4, -0.2) is 56.9 Å². The van der Waals surface area contributed by atoms with Crippen LogP contribution in [0.5, 0.6) is 11.8 Å². The summed E-state index contributed by atoms with van der Waals surface area (Å²) in [6.07, 6.45) is 3.53. The molecule has 2 aromatic heterocycles. The minimum Gasteiger partial charge on any atom is -0.480 e. The van der Waals surface area contributed by atoms with E-state index in [9.17, 15) is 9.18 Å². The van der Waals surface area contributed by atoms with Gasteiger partial charge in [0.2, 0.25) is 11.8 Å². The van der Waals surface area contributed by atoms with Crippen LogP contribution in [-0.2, 0) is 7.05 Å². The number of ether oxygens (including phenoxy) is 2. The highest BCUT2D eigenvalue weighted by atomic mass is 19.1. The molecule has 8 nitrogen and oxygen atoms in total. The molecule has 29 heavy (non-hydrogen) atoms. The van der Waals surface area contributed by atoms with Gasteiger partial charge in [-0.2, -0.15) is 10.1 Å². The zero-order chi connectivity index (χ0) is 20.4. The molecule has 1 amide bonds. The first-order valence-electron chi connectivity index (χ1n) is 9.15. The van der Waals surface area contributed by atoms with Gasteiger partial charge in [-0.1, -0.05) is 0 Å². The first-order valence-corrected chi connectivity index (χ1v) is 9.15. The van der Waals surface area contributed by atoms with Crippen molar-refractivity contribution in [3.05, 3.63) is 54.2 Å². The van der Waals surface area contributed by atoms with Gasteiger partial charge >= 0.3 is 0 Å². The first kappa shape index (κ1) is 18.9. The smallest absolute Gasteiger partial charge is 0.272 e. The second-order valence-electron chi connectivity index (χ2n) is 6.72. The molecule has 3 aromatic rings. The van der Waals surface area contributed by atoms with E-state index in [0.717, 1.165) is 5.56 Å². The molecule has 1 aromatic carbocycles. The third-order valence-corrected chi connectivity index (χ3v) is 4.76. The van der Waals surface area contributed by atoms with Crippen LogP contribution in [0.15, 0.2) is 42.7 Å². The number of hydrogen-bond donors (Lipinski definition) is 0. The standard InChI is InChI=1S/C20H20FN5O3/c1-25-17(9-16(24-25)13-3-5-14(21)6-4-13)20(27)26-8-7-15(12-26)29-19-11-22-10-18(23-19)28-2/h3-6,9-11,15H,7-8,12H2,1-2H3. The summed E-state index contributed by atoms with van der Waals surface area (Å²) < 4.78 is 25.6. The average Bonchev–Trinajstić information content (AvgIpc) is 3.35. The van der Waals surface area contributed by atoms with Crippen LogP contribution in [0, 0.1) is 5.82 Å². The predicted molar refractivity (Wildman–Crippen MR) is 102 cm³/mol. The van der Waals surface area contributed by atoms with E-state index in [1.54, 1.807) is 34.8 Å². The molecule has 1 fully saturated rings. The zero-order valence-electron chi connectivity index (χ0n) is 16.1. The lowest BCUT2D eigenvalue weighted by atomic mass is 10.1. The van der Waals surface area contributed by atoms with E-state index < -0.39 is 0 Å². The van der Waals surface area contributed by atoms with Gasteiger partial charge in [0.1, 0.15) is 17.6 Å². The highest BCUT2D eigenvalue weighted by molar-refractivity contribution is 5.94. The lowest BCUT2D eigenvalue weighted by Crippen LogP contribution is -2.32. The van der Waals surface area contributed by atoms with Crippen LogP contribution >= 0.6 is 0 Å². The maximum Gasteiger partial charge on any atom is 0.272 e. The third kappa shape index (κ3) is 4.03. The van der Waals surface area contributed by atoms with E-state index in [1.807, 2.05) is 0 Å². The van der Waals surface area contributed by atoms with E-state index in [1.165, 1.54) is 31.6 Å². The normalized spacial score (nSPS) is 16.1. The van der Waals surface area contributed by atoms with Gasteiger partial charge in [-0.05, 0) is 30.3 Å². The molecule has 3 heterocycles. The van der Waals surface area contributed by atoms with Crippen LogP contribution in [0.2, 0.25) is 0 Å². The summed E-state index contributed by atoms with van der Waals surface area (Å²) in [6.45, 7) is 1.01. The Balaban J connectivity index is 1.44. The molecule has 4 rings (SSSR count). The highest BCUT2D eigenvalue weighted by Crippen LogP contribution is 2.23. The molecule has 1 unspecified atom stereocenters. The number of carbonyl (C=O) groups is 1.